The number of Topliss-reactive ketones (excluding diaryl/α,β-unsaturated/α-hetero) is 1. The Morgan fingerprint density at radius 2 is 2.00 bits per heavy atom. The topological polar surface area (TPSA) is 43.1 Å². The zero-order valence-electron chi connectivity index (χ0n) is 10.8. The van der Waals surface area contributed by atoms with Gasteiger partial charge < -0.3 is 5.73 Å². The number of hydrogen-bond donors (Lipinski definition) is 1. The molecule has 0 radical (unpaired) electrons. The monoisotopic (exact) mass is 251 g/mol. The van der Waals surface area contributed by atoms with E-state index in [0.717, 1.165) is 17.7 Å². The Morgan fingerprint density at radius 3 is 2.79 bits per heavy atom. The minimum atomic E-state index is 0.296. The maximum absolute atomic E-state index is 12.1. The van der Waals surface area contributed by atoms with E-state index >= 15 is 0 Å². The molecule has 1 unspecified atom stereocenters. The second kappa shape index (κ2) is 4.88. The molecule has 2 nitrogen and oxygen atoms in total. The molecule has 0 bridgehead atoms. The Balaban J connectivity index is 1.62. The van der Waals surface area contributed by atoms with Crippen LogP contribution in [0.15, 0.2) is 48.5 Å². The molecule has 1 aliphatic carbocycles. The molecule has 0 spiro atoms. The SMILES string of the molecule is Nc1cccc(CC(=O)CC2Cc3ccccc32)c1. The van der Waals surface area contributed by atoms with E-state index < -0.39 is 0 Å². The molecule has 0 aromatic heterocycles. The number of anilines is 1. The lowest BCUT2D eigenvalue weighted by Crippen LogP contribution is -2.20. The van der Waals surface area contributed by atoms with Crippen molar-refractivity contribution in [1.29, 1.82) is 0 Å². The van der Waals surface area contributed by atoms with Crippen LogP contribution in [0.3, 0.4) is 0 Å². The van der Waals surface area contributed by atoms with Crippen molar-refractivity contribution in [3.05, 3.63) is 65.2 Å². The van der Waals surface area contributed by atoms with Crippen LogP contribution in [0.4, 0.5) is 5.69 Å². The summed E-state index contributed by atoms with van der Waals surface area (Å²) in [5.41, 5.74) is 10.2. The maximum Gasteiger partial charge on any atom is 0.137 e. The third-order valence-electron chi connectivity index (χ3n) is 3.79. The average Bonchev–Trinajstić information content (AvgIpc) is 2.36. The van der Waals surface area contributed by atoms with E-state index in [4.69, 9.17) is 5.73 Å². The summed E-state index contributed by atoms with van der Waals surface area (Å²) < 4.78 is 0. The zero-order chi connectivity index (χ0) is 13.2. The van der Waals surface area contributed by atoms with Crippen LogP contribution >= 0.6 is 0 Å². The minimum absolute atomic E-state index is 0.296. The Kier molecular flexibility index (Phi) is 3.08. The van der Waals surface area contributed by atoms with Crippen molar-refractivity contribution in [3.63, 3.8) is 0 Å². The lowest BCUT2D eigenvalue weighted by Gasteiger charge is -2.29. The van der Waals surface area contributed by atoms with Gasteiger partial charge in [0.25, 0.3) is 0 Å². The molecule has 0 fully saturated rings. The number of hydrogen-bond acceptors (Lipinski definition) is 2. The van der Waals surface area contributed by atoms with Crippen molar-refractivity contribution in [3.8, 4) is 0 Å². The van der Waals surface area contributed by atoms with Crippen LogP contribution in [-0.4, -0.2) is 5.78 Å². The van der Waals surface area contributed by atoms with E-state index in [2.05, 4.69) is 18.2 Å². The molecular weight excluding hydrogens is 234 g/mol. The number of ketones is 1. The van der Waals surface area contributed by atoms with Crippen LogP contribution in [0.5, 0.6) is 0 Å². The van der Waals surface area contributed by atoms with Gasteiger partial charge in [-0.05, 0) is 41.2 Å². The van der Waals surface area contributed by atoms with Gasteiger partial charge in [0, 0.05) is 18.5 Å². The van der Waals surface area contributed by atoms with Gasteiger partial charge in [-0.1, -0.05) is 36.4 Å². The van der Waals surface area contributed by atoms with Crippen LogP contribution in [0.25, 0.3) is 0 Å². The highest BCUT2D eigenvalue weighted by Gasteiger charge is 2.27. The first-order chi connectivity index (χ1) is 9.22. The highest BCUT2D eigenvalue weighted by atomic mass is 16.1. The van der Waals surface area contributed by atoms with Crippen LogP contribution < -0.4 is 5.73 Å². The fraction of sp³-hybridized carbons (Fsp3) is 0.235. The number of rotatable bonds is 4. The van der Waals surface area contributed by atoms with E-state index in [-0.39, 0.29) is 0 Å². The van der Waals surface area contributed by atoms with Gasteiger partial charge in [-0.15, -0.1) is 0 Å². The molecule has 0 aliphatic heterocycles. The molecule has 19 heavy (non-hydrogen) atoms. The van der Waals surface area contributed by atoms with Gasteiger partial charge in [0.1, 0.15) is 5.78 Å². The van der Waals surface area contributed by atoms with Crippen molar-refractivity contribution in [2.45, 2.75) is 25.2 Å². The summed E-state index contributed by atoms with van der Waals surface area (Å²) in [6.45, 7) is 0. The number of nitrogen functional groups attached to an aromatic ring is 1. The quantitative estimate of drug-likeness (QED) is 0.848. The first-order valence-electron chi connectivity index (χ1n) is 6.66. The summed E-state index contributed by atoms with van der Waals surface area (Å²) in [4.78, 5) is 12.1. The molecule has 0 saturated heterocycles. The molecule has 1 aliphatic rings. The Labute approximate surface area is 113 Å². The molecule has 0 amide bonds. The van der Waals surface area contributed by atoms with E-state index in [1.807, 2.05) is 30.3 Å². The molecule has 2 heteroatoms. The summed E-state index contributed by atoms with van der Waals surface area (Å²) >= 11 is 0. The summed E-state index contributed by atoms with van der Waals surface area (Å²) in [6, 6.07) is 16.0. The standard InChI is InChI=1S/C17H17NO/c18-15-6-3-4-12(8-15)9-16(19)11-14-10-13-5-1-2-7-17(13)14/h1-8,14H,9-11,18H2. The molecular formula is C17H17NO. The van der Waals surface area contributed by atoms with Crippen LogP contribution in [0.1, 0.15) is 29.0 Å². The van der Waals surface area contributed by atoms with Gasteiger partial charge in [-0.2, -0.15) is 0 Å². The molecule has 2 N–H and O–H groups in total. The third kappa shape index (κ3) is 2.53. The molecule has 1 atom stereocenters. The predicted molar refractivity (Wildman–Crippen MR) is 77.1 cm³/mol. The molecule has 0 saturated carbocycles. The maximum atomic E-state index is 12.1. The van der Waals surface area contributed by atoms with Crippen molar-refractivity contribution in [1.82, 2.24) is 0 Å². The summed E-state index contributed by atoms with van der Waals surface area (Å²) in [5.74, 6) is 0.717. The number of carbonyl (C=O) groups excluding carboxylic acids is 1. The highest BCUT2D eigenvalue weighted by Crippen LogP contribution is 2.37. The molecule has 96 valence electrons. The van der Waals surface area contributed by atoms with Crippen LogP contribution in [0, 0.1) is 0 Å². The second-order valence-corrected chi connectivity index (χ2v) is 5.26. The number of fused-ring (bicyclic) bond motifs is 1. The summed E-state index contributed by atoms with van der Waals surface area (Å²) in [5, 5.41) is 0. The van der Waals surface area contributed by atoms with Crippen molar-refractivity contribution < 1.29 is 4.79 Å². The fourth-order valence-corrected chi connectivity index (χ4v) is 2.82. The van der Waals surface area contributed by atoms with E-state index in [9.17, 15) is 4.79 Å². The Hall–Kier alpha value is -2.09. The average molecular weight is 251 g/mol. The van der Waals surface area contributed by atoms with E-state index in [1.54, 1.807) is 0 Å². The minimum Gasteiger partial charge on any atom is -0.399 e. The fourth-order valence-electron chi connectivity index (χ4n) is 2.82. The van der Waals surface area contributed by atoms with Gasteiger partial charge in [0.2, 0.25) is 0 Å². The molecule has 3 rings (SSSR count). The third-order valence-corrected chi connectivity index (χ3v) is 3.79. The predicted octanol–water partition coefficient (Wildman–Crippen LogP) is 3.11. The summed E-state index contributed by atoms with van der Waals surface area (Å²) in [6.07, 6.45) is 2.17. The van der Waals surface area contributed by atoms with Gasteiger partial charge in [-0.25, -0.2) is 0 Å². The van der Waals surface area contributed by atoms with Crippen molar-refractivity contribution in [2.75, 3.05) is 5.73 Å². The number of benzene rings is 2. The smallest absolute Gasteiger partial charge is 0.137 e. The van der Waals surface area contributed by atoms with Crippen molar-refractivity contribution in [2.24, 2.45) is 0 Å². The Bertz CT molecular complexity index is 618. The lowest BCUT2D eigenvalue weighted by atomic mass is 9.75. The molecule has 0 heterocycles. The largest absolute Gasteiger partial charge is 0.399 e. The van der Waals surface area contributed by atoms with Gasteiger partial charge >= 0.3 is 0 Å². The van der Waals surface area contributed by atoms with Gasteiger partial charge in [0.15, 0.2) is 0 Å². The molecule has 2 aromatic carbocycles. The first-order valence-corrected chi connectivity index (χ1v) is 6.66. The Morgan fingerprint density at radius 1 is 1.16 bits per heavy atom. The zero-order valence-corrected chi connectivity index (χ0v) is 10.8. The number of nitrogens with two attached hydrogens (primary N) is 1. The molecule has 2 aromatic rings. The van der Waals surface area contributed by atoms with Crippen molar-refractivity contribution >= 4 is 11.5 Å². The van der Waals surface area contributed by atoms with Crippen LogP contribution in [0.2, 0.25) is 0 Å². The highest BCUT2D eigenvalue weighted by molar-refractivity contribution is 5.82. The number of carbonyl (C=O) groups is 1. The second-order valence-electron chi connectivity index (χ2n) is 5.26. The van der Waals surface area contributed by atoms with Gasteiger partial charge in [0.05, 0.1) is 0 Å². The van der Waals surface area contributed by atoms with E-state index in [1.165, 1.54) is 11.1 Å². The lowest BCUT2D eigenvalue weighted by molar-refractivity contribution is -0.118. The normalized spacial score (nSPS) is 16.5. The summed E-state index contributed by atoms with van der Waals surface area (Å²) in [7, 11) is 0. The van der Waals surface area contributed by atoms with Gasteiger partial charge in [-0.3, -0.25) is 4.79 Å². The first kappa shape index (κ1) is 12.0. The van der Waals surface area contributed by atoms with E-state index in [0.29, 0.717) is 24.5 Å². The van der Waals surface area contributed by atoms with Crippen LogP contribution in [-0.2, 0) is 17.6 Å².